The van der Waals surface area contributed by atoms with Crippen molar-refractivity contribution in [2.75, 3.05) is 0 Å². The van der Waals surface area contributed by atoms with Gasteiger partial charge in [-0.3, -0.25) is 4.98 Å². The van der Waals surface area contributed by atoms with Gasteiger partial charge in [-0.25, -0.2) is 9.97 Å². The molecule has 54 heavy (non-hydrogen) atoms. The molecule has 0 saturated carbocycles. The van der Waals surface area contributed by atoms with E-state index in [-0.39, 0.29) is 5.41 Å². The number of hydrogen-bond donors (Lipinski definition) is 0. The molecule has 2 heterocycles. The van der Waals surface area contributed by atoms with E-state index in [9.17, 15) is 0 Å². The Morgan fingerprint density at radius 3 is 1.80 bits per heavy atom. The molecule has 0 saturated heterocycles. The predicted octanol–water partition coefficient (Wildman–Crippen LogP) is 12.0. The molecule has 1 spiro atoms. The Hall–Kier alpha value is -6.71. The third kappa shape index (κ3) is 4.27. The Balaban J connectivity index is 1.22. The van der Waals surface area contributed by atoms with E-state index in [2.05, 4.69) is 158 Å². The Kier molecular flexibility index (Phi) is 6.51. The fraction of sp³-hybridized carbons (Fsp3) is 0.0784. The van der Waals surface area contributed by atoms with Crippen LogP contribution in [0.4, 0.5) is 0 Å². The van der Waals surface area contributed by atoms with Crippen LogP contribution in [0.2, 0.25) is 0 Å². The second-order valence-electron chi connectivity index (χ2n) is 15.2. The largest absolute Gasteiger partial charge is 0.264 e. The number of nitrogens with zero attached hydrogens (tertiary/aromatic N) is 3. The summed E-state index contributed by atoms with van der Waals surface area (Å²) in [5.41, 5.74) is 19.7. The maximum absolute atomic E-state index is 5.26. The Labute approximate surface area is 315 Å². The number of rotatable bonds is 3. The molecule has 0 bridgehead atoms. The van der Waals surface area contributed by atoms with Crippen LogP contribution in [-0.4, -0.2) is 15.0 Å². The van der Waals surface area contributed by atoms with Gasteiger partial charge in [0.25, 0.3) is 0 Å². The summed E-state index contributed by atoms with van der Waals surface area (Å²) in [6.45, 7) is 4.75. The standard InChI is InChI=1S/C51H35N3/c1-50(2)42-20-10-7-17-37(42)39-29-46-40(28-45(39)50)38-18-8-11-21-43(38)51(46)41-19-9-6-13-32(41)22-23-33-24-25-35(27-44(33)51)47-30-48(36-16-12-26-52-31-36)54-49(53-47)34-14-4-3-5-15-34/h3-31H,1-2H3. The SMILES string of the molecule is CC1(C)c2ccccc2-c2cc3c(cc21)-c1ccccc1C31c2ccccc2C=Cc2ccc(-c3cc(-c4cccnc4)nc(-c4ccccc4)n3)cc21. The van der Waals surface area contributed by atoms with Crippen LogP contribution in [0, 0.1) is 0 Å². The molecule has 11 rings (SSSR count). The molecule has 3 aliphatic rings. The molecule has 1 unspecified atom stereocenters. The van der Waals surface area contributed by atoms with E-state index in [4.69, 9.17) is 9.97 Å². The monoisotopic (exact) mass is 689 g/mol. The summed E-state index contributed by atoms with van der Waals surface area (Å²) in [5, 5.41) is 0. The van der Waals surface area contributed by atoms with Crippen LogP contribution in [0.5, 0.6) is 0 Å². The Morgan fingerprint density at radius 2 is 1.02 bits per heavy atom. The molecule has 6 aromatic carbocycles. The van der Waals surface area contributed by atoms with Crippen LogP contribution in [0.25, 0.3) is 68.3 Å². The minimum Gasteiger partial charge on any atom is -0.264 e. The summed E-state index contributed by atoms with van der Waals surface area (Å²) >= 11 is 0. The molecule has 3 nitrogen and oxygen atoms in total. The van der Waals surface area contributed by atoms with Gasteiger partial charge in [-0.15, -0.1) is 0 Å². The summed E-state index contributed by atoms with van der Waals surface area (Å²) in [6, 6.07) is 55.4. The molecule has 3 aliphatic carbocycles. The van der Waals surface area contributed by atoms with E-state index in [0.29, 0.717) is 5.82 Å². The van der Waals surface area contributed by atoms with E-state index >= 15 is 0 Å². The molecular formula is C51H35N3. The first-order valence-electron chi connectivity index (χ1n) is 18.7. The van der Waals surface area contributed by atoms with Crippen molar-refractivity contribution in [1.82, 2.24) is 15.0 Å². The number of benzene rings is 6. The van der Waals surface area contributed by atoms with Crippen LogP contribution < -0.4 is 0 Å². The molecule has 0 N–H and O–H groups in total. The number of hydrogen-bond acceptors (Lipinski definition) is 3. The number of fused-ring (bicyclic) bond motifs is 12. The number of pyridine rings is 1. The van der Waals surface area contributed by atoms with Crippen LogP contribution >= 0.6 is 0 Å². The van der Waals surface area contributed by atoms with E-state index < -0.39 is 5.41 Å². The second-order valence-corrected chi connectivity index (χ2v) is 15.2. The Morgan fingerprint density at radius 1 is 0.407 bits per heavy atom. The molecule has 0 radical (unpaired) electrons. The zero-order valence-corrected chi connectivity index (χ0v) is 30.1. The first-order chi connectivity index (χ1) is 26.5. The first kappa shape index (κ1) is 30.9. The van der Waals surface area contributed by atoms with Gasteiger partial charge in [0, 0.05) is 34.5 Å². The minimum atomic E-state index is -0.574. The van der Waals surface area contributed by atoms with Crippen molar-refractivity contribution < 1.29 is 0 Å². The van der Waals surface area contributed by atoms with Crippen LogP contribution in [0.3, 0.4) is 0 Å². The third-order valence-electron chi connectivity index (χ3n) is 12.0. The third-order valence-corrected chi connectivity index (χ3v) is 12.0. The smallest absolute Gasteiger partial charge is 0.160 e. The normalized spacial score (nSPS) is 16.5. The molecule has 3 heteroatoms. The summed E-state index contributed by atoms with van der Waals surface area (Å²) in [5.74, 6) is 0.690. The van der Waals surface area contributed by atoms with Gasteiger partial charge < -0.3 is 0 Å². The van der Waals surface area contributed by atoms with Crippen molar-refractivity contribution in [2.45, 2.75) is 24.7 Å². The van der Waals surface area contributed by atoms with E-state index in [1.54, 1.807) is 6.20 Å². The maximum atomic E-state index is 5.26. The van der Waals surface area contributed by atoms with Crippen molar-refractivity contribution in [3.8, 4) is 56.2 Å². The molecule has 1 atom stereocenters. The maximum Gasteiger partial charge on any atom is 0.160 e. The summed E-state index contributed by atoms with van der Waals surface area (Å²) in [7, 11) is 0. The van der Waals surface area contributed by atoms with Crippen molar-refractivity contribution in [3.05, 3.63) is 209 Å². The van der Waals surface area contributed by atoms with Gasteiger partial charge in [0.1, 0.15) is 0 Å². The quantitative estimate of drug-likeness (QED) is 0.185. The second kappa shape index (κ2) is 11.4. The van der Waals surface area contributed by atoms with E-state index in [0.717, 1.165) is 28.1 Å². The van der Waals surface area contributed by atoms with Gasteiger partial charge in [-0.05, 0) is 103 Å². The highest BCUT2D eigenvalue weighted by molar-refractivity contribution is 5.95. The minimum absolute atomic E-state index is 0.102. The summed E-state index contributed by atoms with van der Waals surface area (Å²) in [6.07, 6.45) is 8.27. The van der Waals surface area contributed by atoms with Gasteiger partial charge in [0.2, 0.25) is 0 Å². The highest BCUT2D eigenvalue weighted by atomic mass is 14.9. The topological polar surface area (TPSA) is 38.7 Å². The van der Waals surface area contributed by atoms with Crippen molar-refractivity contribution in [1.29, 1.82) is 0 Å². The van der Waals surface area contributed by atoms with Crippen molar-refractivity contribution in [2.24, 2.45) is 0 Å². The summed E-state index contributed by atoms with van der Waals surface area (Å²) in [4.78, 5) is 14.7. The Bertz CT molecular complexity index is 2790. The van der Waals surface area contributed by atoms with Gasteiger partial charge in [0.15, 0.2) is 5.82 Å². The molecular weight excluding hydrogens is 655 g/mol. The van der Waals surface area contributed by atoms with Crippen LogP contribution in [0.15, 0.2) is 164 Å². The van der Waals surface area contributed by atoms with E-state index in [1.165, 1.54) is 66.8 Å². The highest BCUT2D eigenvalue weighted by Gasteiger charge is 2.50. The predicted molar refractivity (Wildman–Crippen MR) is 220 cm³/mol. The first-order valence-corrected chi connectivity index (χ1v) is 18.7. The average molecular weight is 690 g/mol. The molecule has 0 fully saturated rings. The lowest BCUT2D eigenvalue weighted by Gasteiger charge is -2.36. The van der Waals surface area contributed by atoms with E-state index in [1.807, 2.05) is 30.5 Å². The van der Waals surface area contributed by atoms with Crippen molar-refractivity contribution >= 4 is 12.2 Å². The lowest BCUT2D eigenvalue weighted by atomic mass is 9.65. The lowest BCUT2D eigenvalue weighted by molar-refractivity contribution is 0.660. The van der Waals surface area contributed by atoms with Gasteiger partial charge >= 0.3 is 0 Å². The molecule has 8 aromatic rings. The number of aromatic nitrogens is 3. The fourth-order valence-electron chi connectivity index (χ4n) is 9.52. The molecule has 0 amide bonds. The van der Waals surface area contributed by atoms with Gasteiger partial charge in [-0.1, -0.05) is 141 Å². The zero-order chi connectivity index (χ0) is 36.0. The zero-order valence-electron chi connectivity index (χ0n) is 30.1. The molecule has 254 valence electrons. The molecule has 0 aliphatic heterocycles. The fourth-order valence-corrected chi connectivity index (χ4v) is 9.52. The van der Waals surface area contributed by atoms with Gasteiger partial charge in [0.05, 0.1) is 16.8 Å². The summed E-state index contributed by atoms with van der Waals surface area (Å²) < 4.78 is 0. The van der Waals surface area contributed by atoms with Crippen molar-refractivity contribution in [3.63, 3.8) is 0 Å². The van der Waals surface area contributed by atoms with Crippen LogP contribution in [-0.2, 0) is 10.8 Å². The highest BCUT2D eigenvalue weighted by Crippen LogP contribution is 2.61. The molecule has 2 aromatic heterocycles. The van der Waals surface area contributed by atoms with Crippen LogP contribution in [0.1, 0.15) is 58.4 Å². The average Bonchev–Trinajstić information content (AvgIpc) is 3.58. The van der Waals surface area contributed by atoms with Gasteiger partial charge in [-0.2, -0.15) is 0 Å². The lowest BCUT2D eigenvalue weighted by Crippen LogP contribution is -2.30.